The maximum absolute atomic E-state index is 9.84. The van der Waals surface area contributed by atoms with E-state index >= 15 is 0 Å². The van der Waals surface area contributed by atoms with E-state index in [1.165, 1.54) is 0 Å². The van der Waals surface area contributed by atoms with Crippen LogP contribution in [0.4, 0.5) is 0 Å². The number of benzene rings is 1. The van der Waals surface area contributed by atoms with Crippen LogP contribution in [-0.2, 0) is 6.42 Å². The normalized spacial score (nSPS) is 12.6. The Morgan fingerprint density at radius 1 is 1.13 bits per heavy atom. The number of hydrogen-bond donors (Lipinski definition) is 3. The third kappa shape index (κ3) is 2.39. The molecule has 0 aliphatic carbocycles. The second kappa shape index (κ2) is 4.19. The summed E-state index contributed by atoms with van der Waals surface area (Å²) in [5.74, 6) is 0.244. The molecule has 0 aliphatic heterocycles. The minimum absolute atomic E-state index is 0.244. The molecule has 1 heterocycles. The molecule has 3 heteroatoms. The van der Waals surface area contributed by atoms with Gasteiger partial charge in [0.1, 0.15) is 5.75 Å². The molecule has 1 aromatic heterocycles. The van der Waals surface area contributed by atoms with Gasteiger partial charge in [0.2, 0.25) is 0 Å². The predicted molar refractivity (Wildman–Crippen MR) is 57.6 cm³/mol. The molecule has 2 rings (SSSR count). The van der Waals surface area contributed by atoms with Gasteiger partial charge in [-0.3, -0.25) is 0 Å². The lowest BCUT2D eigenvalue weighted by Gasteiger charge is -2.08. The van der Waals surface area contributed by atoms with Gasteiger partial charge in [-0.25, -0.2) is 0 Å². The molecule has 0 spiro atoms. The monoisotopic (exact) mass is 203 g/mol. The number of H-pyrrole nitrogens is 1. The van der Waals surface area contributed by atoms with Crippen molar-refractivity contribution in [1.29, 1.82) is 0 Å². The van der Waals surface area contributed by atoms with Gasteiger partial charge in [-0.15, -0.1) is 0 Å². The summed E-state index contributed by atoms with van der Waals surface area (Å²) in [7, 11) is 0. The average Bonchev–Trinajstić information content (AvgIpc) is 2.74. The second-order valence-corrected chi connectivity index (χ2v) is 3.51. The fourth-order valence-electron chi connectivity index (χ4n) is 1.52. The average molecular weight is 203 g/mol. The zero-order valence-electron chi connectivity index (χ0n) is 8.22. The van der Waals surface area contributed by atoms with E-state index in [0.29, 0.717) is 6.42 Å². The zero-order valence-corrected chi connectivity index (χ0v) is 8.22. The van der Waals surface area contributed by atoms with Gasteiger partial charge in [0.05, 0.1) is 6.10 Å². The van der Waals surface area contributed by atoms with Crippen molar-refractivity contribution >= 4 is 0 Å². The lowest BCUT2D eigenvalue weighted by atomic mass is 10.1. The number of aromatic nitrogens is 1. The van der Waals surface area contributed by atoms with E-state index in [-0.39, 0.29) is 5.75 Å². The van der Waals surface area contributed by atoms with Crippen LogP contribution in [0.15, 0.2) is 42.6 Å². The summed E-state index contributed by atoms with van der Waals surface area (Å²) in [6, 6.07) is 10.6. The first-order chi connectivity index (χ1) is 7.25. The molecule has 0 fully saturated rings. The Morgan fingerprint density at radius 2 is 1.87 bits per heavy atom. The number of aromatic amines is 1. The summed E-state index contributed by atoms with van der Waals surface area (Å²) >= 11 is 0. The Hall–Kier alpha value is -1.74. The zero-order chi connectivity index (χ0) is 10.7. The molecule has 0 saturated heterocycles. The van der Waals surface area contributed by atoms with Gasteiger partial charge in [-0.2, -0.15) is 0 Å². The fraction of sp³-hybridized carbons (Fsp3) is 0.167. The minimum atomic E-state index is -0.524. The van der Waals surface area contributed by atoms with E-state index in [4.69, 9.17) is 5.11 Å². The molecule has 3 nitrogen and oxygen atoms in total. The molecule has 0 amide bonds. The Labute approximate surface area is 88.0 Å². The van der Waals surface area contributed by atoms with Crippen LogP contribution in [0, 0.1) is 0 Å². The lowest BCUT2D eigenvalue weighted by molar-refractivity contribution is 0.174. The quantitative estimate of drug-likeness (QED) is 0.714. The van der Waals surface area contributed by atoms with Crippen LogP contribution in [0.2, 0.25) is 0 Å². The molecule has 15 heavy (non-hydrogen) atoms. The van der Waals surface area contributed by atoms with Gasteiger partial charge in [0, 0.05) is 18.3 Å². The first kappa shape index (κ1) is 9.80. The van der Waals surface area contributed by atoms with Crippen molar-refractivity contribution in [2.45, 2.75) is 12.5 Å². The SMILES string of the molecule is Oc1ccc(CC(O)c2ccc[nH]2)cc1. The Kier molecular flexibility index (Phi) is 2.74. The van der Waals surface area contributed by atoms with Gasteiger partial charge in [-0.1, -0.05) is 12.1 Å². The van der Waals surface area contributed by atoms with E-state index in [1.54, 1.807) is 18.3 Å². The van der Waals surface area contributed by atoms with Crippen molar-refractivity contribution in [2.24, 2.45) is 0 Å². The number of rotatable bonds is 3. The molecule has 1 aromatic carbocycles. The number of aliphatic hydroxyl groups excluding tert-OH is 1. The summed E-state index contributed by atoms with van der Waals surface area (Å²) in [4.78, 5) is 2.97. The molecule has 0 radical (unpaired) electrons. The van der Waals surface area contributed by atoms with Gasteiger partial charge in [0.25, 0.3) is 0 Å². The van der Waals surface area contributed by atoms with Gasteiger partial charge in [0.15, 0.2) is 0 Å². The topological polar surface area (TPSA) is 56.2 Å². The smallest absolute Gasteiger partial charge is 0.115 e. The Balaban J connectivity index is 2.06. The number of hydrogen-bond acceptors (Lipinski definition) is 2. The highest BCUT2D eigenvalue weighted by molar-refractivity contribution is 5.27. The van der Waals surface area contributed by atoms with Crippen LogP contribution in [0.1, 0.15) is 17.4 Å². The largest absolute Gasteiger partial charge is 0.508 e. The lowest BCUT2D eigenvalue weighted by Crippen LogP contribution is -2.01. The van der Waals surface area contributed by atoms with Crippen molar-refractivity contribution in [3.05, 3.63) is 53.9 Å². The van der Waals surface area contributed by atoms with Crippen LogP contribution in [0.25, 0.3) is 0 Å². The number of phenolic OH excluding ortho intramolecular Hbond substituents is 1. The molecule has 0 aliphatic rings. The van der Waals surface area contributed by atoms with Crippen LogP contribution < -0.4 is 0 Å². The van der Waals surface area contributed by atoms with Crippen LogP contribution >= 0.6 is 0 Å². The number of nitrogens with one attached hydrogen (secondary N) is 1. The van der Waals surface area contributed by atoms with Crippen LogP contribution in [0.3, 0.4) is 0 Å². The van der Waals surface area contributed by atoms with Gasteiger partial charge in [-0.05, 0) is 29.8 Å². The molecule has 0 bridgehead atoms. The second-order valence-electron chi connectivity index (χ2n) is 3.51. The maximum atomic E-state index is 9.84. The van der Waals surface area contributed by atoms with E-state index in [1.807, 2.05) is 24.3 Å². The molecular formula is C12H13NO2. The number of aliphatic hydroxyl groups is 1. The summed E-state index contributed by atoms with van der Waals surface area (Å²) in [5, 5.41) is 18.9. The summed E-state index contributed by atoms with van der Waals surface area (Å²) in [5.41, 5.74) is 1.80. The molecule has 2 aromatic rings. The standard InChI is InChI=1S/C12H13NO2/c14-10-5-3-9(4-6-10)8-12(15)11-2-1-7-13-11/h1-7,12-15H,8H2. The van der Waals surface area contributed by atoms with Crippen molar-refractivity contribution in [3.63, 3.8) is 0 Å². The van der Waals surface area contributed by atoms with E-state index in [9.17, 15) is 5.11 Å². The van der Waals surface area contributed by atoms with Crippen molar-refractivity contribution in [3.8, 4) is 5.75 Å². The molecule has 78 valence electrons. The third-order valence-corrected chi connectivity index (χ3v) is 2.35. The van der Waals surface area contributed by atoms with Crippen molar-refractivity contribution in [2.75, 3.05) is 0 Å². The number of aromatic hydroxyl groups is 1. The Bertz CT molecular complexity index is 406. The molecule has 3 N–H and O–H groups in total. The third-order valence-electron chi connectivity index (χ3n) is 2.35. The van der Waals surface area contributed by atoms with Gasteiger partial charge >= 0.3 is 0 Å². The molecule has 0 saturated carbocycles. The molecule has 1 unspecified atom stereocenters. The Morgan fingerprint density at radius 3 is 2.47 bits per heavy atom. The van der Waals surface area contributed by atoms with Gasteiger partial charge < -0.3 is 15.2 Å². The fourth-order valence-corrected chi connectivity index (χ4v) is 1.52. The van der Waals surface area contributed by atoms with Crippen LogP contribution in [-0.4, -0.2) is 15.2 Å². The highest BCUT2D eigenvalue weighted by Gasteiger charge is 2.08. The van der Waals surface area contributed by atoms with E-state index in [2.05, 4.69) is 4.98 Å². The first-order valence-corrected chi connectivity index (χ1v) is 4.85. The predicted octanol–water partition coefficient (Wildman–Crippen LogP) is 2.00. The molecule has 1 atom stereocenters. The number of phenols is 1. The maximum Gasteiger partial charge on any atom is 0.115 e. The highest BCUT2D eigenvalue weighted by Crippen LogP contribution is 2.18. The first-order valence-electron chi connectivity index (χ1n) is 4.85. The molecular weight excluding hydrogens is 190 g/mol. The van der Waals surface area contributed by atoms with Crippen molar-refractivity contribution < 1.29 is 10.2 Å². The van der Waals surface area contributed by atoms with E-state index in [0.717, 1.165) is 11.3 Å². The van der Waals surface area contributed by atoms with Crippen LogP contribution in [0.5, 0.6) is 5.75 Å². The van der Waals surface area contributed by atoms with Crippen molar-refractivity contribution in [1.82, 2.24) is 4.98 Å². The summed E-state index contributed by atoms with van der Waals surface area (Å²) < 4.78 is 0. The minimum Gasteiger partial charge on any atom is -0.508 e. The highest BCUT2D eigenvalue weighted by atomic mass is 16.3. The van der Waals surface area contributed by atoms with E-state index < -0.39 is 6.10 Å². The summed E-state index contributed by atoms with van der Waals surface area (Å²) in [6.45, 7) is 0. The summed E-state index contributed by atoms with van der Waals surface area (Å²) in [6.07, 6.45) is 1.81.